The highest BCUT2D eigenvalue weighted by atomic mass is 35.5. The molecule has 1 atom stereocenters. The third-order valence-corrected chi connectivity index (χ3v) is 5.56. The molecule has 1 unspecified atom stereocenters. The number of halogens is 1. The topological polar surface area (TPSA) is 87.3 Å². The summed E-state index contributed by atoms with van der Waals surface area (Å²) in [5.41, 5.74) is 3.98. The van der Waals surface area contributed by atoms with Crippen molar-refractivity contribution in [2.45, 2.75) is 32.2 Å². The largest absolute Gasteiger partial charge is 0.495 e. The van der Waals surface area contributed by atoms with Crippen molar-refractivity contribution in [3.05, 3.63) is 40.2 Å². The van der Waals surface area contributed by atoms with E-state index < -0.39 is 0 Å². The van der Waals surface area contributed by atoms with E-state index in [9.17, 15) is 9.59 Å². The zero-order chi connectivity index (χ0) is 19.0. The van der Waals surface area contributed by atoms with Gasteiger partial charge >= 0.3 is 0 Å². The van der Waals surface area contributed by atoms with Crippen LogP contribution in [0.3, 0.4) is 0 Å². The molecule has 2 aliphatic rings. The third kappa shape index (κ3) is 3.39. The van der Waals surface area contributed by atoms with Gasteiger partial charge in [0.25, 0.3) is 0 Å². The summed E-state index contributed by atoms with van der Waals surface area (Å²) in [5, 5.41) is 10.7. The highest BCUT2D eigenvalue weighted by Gasteiger charge is 2.35. The van der Waals surface area contributed by atoms with Gasteiger partial charge in [0.15, 0.2) is 0 Å². The zero-order valence-electron chi connectivity index (χ0n) is 15.0. The summed E-state index contributed by atoms with van der Waals surface area (Å²) in [6.07, 6.45) is 3.34. The number of amides is 2. The van der Waals surface area contributed by atoms with Crippen LogP contribution in [0, 0.1) is 5.92 Å². The van der Waals surface area contributed by atoms with Crippen LogP contribution in [-0.4, -0.2) is 35.7 Å². The van der Waals surface area contributed by atoms with Crippen molar-refractivity contribution >= 4 is 29.1 Å². The van der Waals surface area contributed by atoms with Gasteiger partial charge in [-0.05, 0) is 43.0 Å². The van der Waals surface area contributed by atoms with E-state index in [0.29, 0.717) is 29.5 Å². The van der Waals surface area contributed by atoms with E-state index >= 15 is 0 Å². The normalized spacial score (nSPS) is 18.7. The third-order valence-electron chi connectivity index (χ3n) is 5.26. The van der Waals surface area contributed by atoms with Gasteiger partial charge in [-0.15, -0.1) is 0 Å². The lowest BCUT2D eigenvalue weighted by molar-refractivity contribution is -0.126. The molecule has 1 aromatic heterocycles. The second kappa shape index (κ2) is 7.23. The Morgan fingerprint density at radius 1 is 1.44 bits per heavy atom. The first-order valence-corrected chi connectivity index (χ1v) is 9.41. The summed E-state index contributed by atoms with van der Waals surface area (Å²) >= 11 is 6.16. The molecule has 2 N–H and O–H groups in total. The Kier molecular flexibility index (Phi) is 4.78. The van der Waals surface area contributed by atoms with Crippen molar-refractivity contribution in [2.24, 2.45) is 5.92 Å². The Morgan fingerprint density at radius 2 is 2.30 bits per heavy atom. The first-order chi connectivity index (χ1) is 13.1. The van der Waals surface area contributed by atoms with E-state index in [1.54, 1.807) is 23.1 Å². The summed E-state index contributed by atoms with van der Waals surface area (Å²) in [5.74, 6) is -0.0458. The first kappa shape index (κ1) is 17.9. The fourth-order valence-electron chi connectivity index (χ4n) is 3.81. The number of nitrogens with zero attached hydrogens (tertiary/aromatic N) is 2. The number of nitrogens with one attached hydrogen (secondary N) is 2. The number of aromatic amines is 1. The van der Waals surface area contributed by atoms with E-state index in [1.165, 1.54) is 18.4 Å². The minimum atomic E-state index is -0.384. The van der Waals surface area contributed by atoms with Gasteiger partial charge in [0.2, 0.25) is 11.8 Å². The lowest BCUT2D eigenvalue weighted by Gasteiger charge is -2.17. The molecular formula is C19H21ClN4O3. The first-order valence-electron chi connectivity index (χ1n) is 9.03. The van der Waals surface area contributed by atoms with Crippen LogP contribution in [0.1, 0.15) is 29.8 Å². The Morgan fingerprint density at radius 3 is 3.07 bits per heavy atom. The Bertz CT molecular complexity index is 895. The summed E-state index contributed by atoms with van der Waals surface area (Å²) in [6, 6.07) is 5.18. The van der Waals surface area contributed by atoms with Crippen LogP contribution in [0.4, 0.5) is 5.69 Å². The Hall–Kier alpha value is -2.54. The number of aryl methyl sites for hydroxylation is 1. The molecular weight excluding hydrogens is 368 g/mol. The number of carbonyl (C=O) groups excluding carboxylic acids is 2. The standard InChI is InChI=1S/C19H21ClN4O3/c1-27-17-6-5-12(8-14(17)20)24-10-11(7-18(24)25)19(26)21-9-16-13-3-2-4-15(13)22-23-16/h5-6,8,11H,2-4,7,9-10H2,1H3,(H,21,26)(H,22,23). The summed E-state index contributed by atoms with van der Waals surface area (Å²) in [7, 11) is 1.54. The molecule has 2 aromatic rings. The molecule has 1 fully saturated rings. The van der Waals surface area contributed by atoms with Crippen LogP contribution in [-0.2, 0) is 29.0 Å². The summed E-state index contributed by atoms with van der Waals surface area (Å²) in [6.45, 7) is 0.732. The predicted molar refractivity (Wildman–Crippen MR) is 101 cm³/mol. The number of aromatic nitrogens is 2. The van der Waals surface area contributed by atoms with Gasteiger partial charge < -0.3 is 15.0 Å². The monoisotopic (exact) mass is 388 g/mol. The lowest BCUT2D eigenvalue weighted by atomic mass is 10.1. The molecule has 2 amide bonds. The average molecular weight is 389 g/mol. The molecule has 8 heteroatoms. The van der Waals surface area contributed by atoms with Gasteiger partial charge in [0, 0.05) is 24.3 Å². The van der Waals surface area contributed by atoms with Gasteiger partial charge in [-0.25, -0.2) is 0 Å². The number of hydrogen-bond donors (Lipinski definition) is 2. The van der Waals surface area contributed by atoms with Crippen molar-refractivity contribution in [3.63, 3.8) is 0 Å². The highest BCUT2D eigenvalue weighted by molar-refractivity contribution is 6.32. The molecule has 27 heavy (non-hydrogen) atoms. The molecule has 0 radical (unpaired) electrons. The molecule has 0 bridgehead atoms. The zero-order valence-corrected chi connectivity index (χ0v) is 15.8. The highest BCUT2D eigenvalue weighted by Crippen LogP contribution is 2.32. The van der Waals surface area contributed by atoms with Crippen LogP contribution >= 0.6 is 11.6 Å². The van der Waals surface area contributed by atoms with Crippen LogP contribution in [0.2, 0.25) is 5.02 Å². The lowest BCUT2D eigenvalue weighted by Crippen LogP contribution is -2.32. The van der Waals surface area contributed by atoms with Crippen molar-refractivity contribution in [3.8, 4) is 5.75 Å². The molecule has 1 saturated heterocycles. The molecule has 1 aliphatic carbocycles. The van der Waals surface area contributed by atoms with E-state index in [0.717, 1.165) is 25.0 Å². The van der Waals surface area contributed by atoms with E-state index in [4.69, 9.17) is 16.3 Å². The van der Waals surface area contributed by atoms with Crippen molar-refractivity contribution < 1.29 is 14.3 Å². The second-order valence-electron chi connectivity index (χ2n) is 6.92. The maximum absolute atomic E-state index is 12.6. The molecule has 142 valence electrons. The van der Waals surface area contributed by atoms with Crippen LogP contribution in [0.5, 0.6) is 5.75 Å². The fourth-order valence-corrected chi connectivity index (χ4v) is 4.06. The van der Waals surface area contributed by atoms with Gasteiger partial charge in [-0.3, -0.25) is 14.7 Å². The molecule has 0 spiro atoms. The molecule has 1 aliphatic heterocycles. The van der Waals surface area contributed by atoms with Gasteiger partial charge in [0.05, 0.1) is 30.3 Å². The van der Waals surface area contributed by atoms with Crippen molar-refractivity contribution in [1.29, 1.82) is 0 Å². The quantitative estimate of drug-likeness (QED) is 0.822. The van der Waals surface area contributed by atoms with Gasteiger partial charge in [-0.1, -0.05) is 11.6 Å². The second-order valence-corrected chi connectivity index (χ2v) is 7.33. The summed E-state index contributed by atoms with van der Waals surface area (Å²) < 4.78 is 5.14. The minimum absolute atomic E-state index is 0.0861. The van der Waals surface area contributed by atoms with E-state index in [2.05, 4.69) is 15.5 Å². The Labute approximate surface area is 162 Å². The fraction of sp³-hybridized carbons (Fsp3) is 0.421. The van der Waals surface area contributed by atoms with Crippen LogP contribution in [0.25, 0.3) is 0 Å². The van der Waals surface area contributed by atoms with E-state index in [1.807, 2.05) is 0 Å². The molecule has 2 heterocycles. The smallest absolute Gasteiger partial charge is 0.227 e. The van der Waals surface area contributed by atoms with Gasteiger partial charge in [0.1, 0.15) is 5.75 Å². The number of H-pyrrole nitrogens is 1. The SMILES string of the molecule is COc1ccc(N2CC(C(=O)NCc3n[nH]c4c3CCC4)CC2=O)cc1Cl. The molecule has 4 rings (SSSR count). The number of rotatable bonds is 5. The van der Waals surface area contributed by atoms with Crippen molar-refractivity contribution in [2.75, 3.05) is 18.6 Å². The van der Waals surface area contributed by atoms with Crippen LogP contribution in [0.15, 0.2) is 18.2 Å². The number of hydrogen-bond acceptors (Lipinski definition) is 4. The number of ether oxygens (including phenoxy) is 1. The molecule has 1 aromatic carbocycles. The Balaban J connectivity index is 1.39. The molecule has 0 saturated carbocycles. The number of methoxy groups -OCH3 is 1. The number of benzene rings is 1. The van der Waals surface area contributed by atoms with Gasteiger partial charge in [-0.2, -0.15) is 5.10 Å². The van der Waals surface area contributed by atoms with Crippen LogP contribution < -0.4 is 15.0 Å². The summed E-state index contributed by atoms with van der Waals surface area (Å²) in [4.78, 5) is 26.6. The number of carbonyl (C=O) groups is 2. The average Bonchev–Trinajstić information content (AvgIpc) is 3.35. The molecule has 7 nitrogen and oxygen atoms in total. The number of fused-ring (bicyclic) bond motifs is 1. The number of anilines is 1. The maximum Gasteiger partial charge on any atom is 0.227 e. The maximum atomic E-state index is 12.6. The minimum Gasteiger partial charge on any atom is -0.495 e. The van der Waals surface area contributed by atoms with E-state index in [-0.39, 0.29) is 24.2 Å². The van der Waals surface area contributed by atoms with Crippen molar-refractivity contribution in [1.82, 2.24) is 15.5 Å². The predicted octanol–water partition coefficient (Wildman–Crippen LogP) is 2.23.